The third kappa shape index (κ3) is 4.67. The minimum atomic E-state index is -3.56. The van der Waals surface area contributed by atoms with Crippen LogP contribution in [0.5, 0.6) is 0 Å². The molecule has 1 amide bonds. The number of piperidine rings is 1. The first kappa shape index (κ1) is 22.2. The molecule has 0 spiro atoms. The molecule has 2 heterocycles. The Morgan fingerprint density at radius 1 is 1.30 bits per heavy atom. The number of amides is 1. The van der Waals surface area contributed by atoms with Crippen molar-refractivity contribution < 1.29 is 13.2 Å². The van der Waals surface area contributed by atoms with Crippen LogP contribution in [0.3, 0.4) is 0 Å². The van der Waals surface area contributed by atoms with Crippen LogP contribution in [-0.4, -0.2) is 48.9 Å². The summed E-state index contributed by atoms with van der Waals surface area (Å²) in [5.41, 5.74) is 6.15. The Kier molecular flexibility index (Phi) is 7.35. The third-order valence-corrected chi connectivity index (χ3v) is 7.58. The summed E-state index contributed by atoms with van der Waals surface area (Å²) in [6, 6.07) is 1.57. The van der Waals surface area contributed by atoms with E-state index in [0.29, 0.717) is 37.2 Å². The number of halogens is 1. The van der Waals surface area contributed by atoms with Gasteiger partial charge in [-0.1, -0.05) is 13.3 Å². The average molecular weight is 419 g/mol. The van der Waals surface area contributed by atoms with Gasteiger partial charge in [0, 0.05) is 32.4 Å². The van der Waals surface area contributed by atoms with Crippen LogP contribution in [0, 0.1) is 11.8 Å². The summed E-state index contributed by atoms with van der Waals surface area (Å²) in [5.74, 6) is 0.434. The zero-order chi connectivity index (χ0) is 18.9. The molecule has 154 valence electrons. The highest BCUT2D eigenvalue weighted by molar-refractivity contribution is 7.89. The first-order valence-electron chi connectivity index (χ1n) is 9.50. The van der Waals surface area contributed by atoms with E-state index in [-0.39, 0.29) is 29.3 Å². The Morgan fingerprint density at radius 2 is 2.04 bits per heavy atom. The monoisotopic (exact) mass is 418 g/mol. The molecule has 1 aromatic heterocycles. The van der Waals surface area contributed by atoms with Crippen molar-refractivity contribution in [3.05, 3.63) is 18.0 Å². The Morgan fingerprint density at radius 3 is 2.70 bits per heavy atom. The normalized spacial score (nSPS) is 26.6. The maximum Gasteiger partial charge on any atom is 0.268 e. The van der Waals surface area contributed by atoms with Gasteiger partial charge >= 0.3 is 0 Å². The summed E-state index contributed by atoms with van der Waals surface area (Å²) in [6.45, 7) is 3.72. The van der Waals surface area contributed by atoms with E-state index >= 15 is 0 Å². The topological polar surface area (TPSA) is 97.4 Å². The van der Waals surface area contributed by atoms with Crippen molar-refractivity contribution in [3.8, 4) is 0 Å². The van der Waals surface area contributed by atoms with E-state index in [9.17, 15) is 13.2 Å². The Labute approximate surface area is 168 Å². The van der Waals surface area contributed by atoms with Crippen LogP contribution in [0.4, 0.5) is 0 Å². The molecule has 1 aromatic rings. The maximum absolute atomic E-state index is 12.9. The molecule has 3 unspecified atom stereocenters. The Bertz CT molecular complexity index is 765. The molecule has 3 N–H and O–H groups in total. The van der Waals surface area contributed by atoms with Crippen molar-refractivity contribution in [2.75, 3.05) is 19.6 Å². The lowest BCUT2D eigenvalue weighted by molar-refractivity contribution is 0.0920. The number of carbonyl (C=O) groups excluding carboxylic acids is 1. The van der Waals surface area contributed by atoms with Gasteiger partial charge in [-0.05, 0) is 50.1 Å². The largest absolute Gasteiger partial charge is 0.348 e. The first-order valence-corrected chi connectivity index (χ1v) is 10.9. The van der Waals surface area contributed by atoms with Crippen molar-refractivity contribution in [2.45, 2.75) is 50.0 Å². The summed E-state index contributed by atoms with van der Waals surface area (Å²) in [7, 11) is -1.85. The highest BCUT2D eigenvalue weighted by Crippen LogP contribution is 2.26. The van der Waals surface area contributed by atoms with E-state index in [4.69, 9.17) is 5.73 Å². The van der Waals surface area contributed by atoms with Crippen LogP contribution in [0.1, 0.15) is 49.5 Å². The summed E-state index contributed by atoms with van der Waals surface area (Å²) in [5, 5.41) is 3.04. The number of sulfonamides is 1. The molecule has 7 nitrogen and oxygen atoms in total. The molecule has 3 rings (SSSR count). The van der Waals surface area contributed by atoms with Crippen LogP contribution in [0.2, 0.25) is 0 Å². The van der Waals surface area contributed by atoms with E-state index in [1.54, 1.807) is 22.1 Å². The number of hydrogen-bond donors (Lipinski definition) is 2. The minimum Gasteiger partial charge on any atom is -0.348 e. The maximum atomic E-state index is 12.9. The number of hydrogen-bond acceptors (Lipinski definition) is 4. The van der Waals surface area contributed by atoms with E-state index in [1.165, 1.54) is 6.07 Å². The number of carbonyl (C=O) groups is 1. The number of aryl methyl sites for hydroxylation is 1. The molecular formula is C18H31ClN4O3S. The molecular weight excluding hydrogens is 388 g/mol. The van der Waals surface area contributed by atoms with Gasteiger partial charge < -0.3 is 15.6 Å². The van der Waals surface area contributed by atoms with Gasteiger partial charge in [-0.2, -0.15) is 4.31 Å². The lowest BCUT2D eigenvalue weighted by atomic mass is 10.0. The quantitative estimate of drug-likeness (QED) is 0.760. The zero-order valence-corrected chi connectivity index (χ0v) is 17.7. The van der Waals surface area contributed by atoms with Gasteiger partial charge in [0.15, 0.2) is 0 Å². The lowest BCUT2D eigenvalue weighted by Gasteiger charge is -2.29. The molecule has 1 saturated carbocycles. The summed E-state index contributed by atoms with van der Waals surface area (Å²) in [4.78, 5) is 12.9. The fourth-order valence-electron chi connectivity index (χ4n) is 4.17. The number of nitrogens with two attached hydrogens (primary N) is 1. The van der Waals surface area contributed by atoms with Crippen LogP contribution in [0.15, 0.2) is 17.2 Å². The van der Waals surface area contributed by atoms with Gasteiger partial charge in [0.05, 0.1) is 0 Å². The van der Waals surface area contributed by atoms with Crippen LogP contribution >= 0.6 is 12.4 Å². The molecule has 2 aliphatic rings. The van der Waals surface area contributed by atoms with Crippen molar-refractivity contribution in [1.29, 1.82) is 0 Å². The van der Waals surface area contributed by atoms with E-state index in [2.05, 4.69) is 12.2 Å². The summed E-state index contributed by atoms with van der Waals surface area (Å²) < 4.78 is 29.0. The fraction of sp³-hybridized carbons (Fsp3) is 0.722. The minimum absolute atomic E-state index is 0. The first-order chi connectivity index (χ1) is 12.3. The van der Waals surface area contributed by atoms with Crippen molar-refractivity contribution in [1.82, 2.24) is 14.2 Å². The van der Waals surface area contributed by atoms with Gasteiger partial charge in [-0.3, -0.25) is 4.79 Å². The van der Waals surface area contributed by atoms with Crippen LogP contribution in [-0.2, 0) is 17.1 Å². The number of nitrogens with zero attached hydrogens (tertiary/aromatic N) is 2. The van der Waals surface area contributed by atoms with E-state index in [0.717, 1.165) is 32.1 Å². The molecule has 27 heavy (non-hydrogen) atoms. The average Bonchev–Trinajstić information content (AvgIpc) is 3.21. The van der Waals surface area contributed by atoms with Gasteiger partial charge in [0.25, 0.3) is 5.91 Å². The van der Waals surface area contributed by atoms with Gasteiger partial charge in [0.1, 0.15) is 10.6 Å². The Hall–Kier alpha value is -1.09. The highest BCUT2D eigenvalue weighted by Gasteiger charge is 2.32. The van der Waals surface area contributed by atoms with Crippen LogP contribution < -0.4 is 11.1 Å². The van der Waals surface area contributed by atoms with E-state index in [1.807, 2.05) is 0 Å². The van der Waals surface area contributed by atoms with E-state index < -0.39 is 10.0 Å². The second kappa shape index (κ2) is 8.94. The Balaban J connectivity index is 0.00000261. The SMILES string of the molecule is CC1CCCN(S(=O)(=O)c2cc(C(=O)NC3CCCC3CN)n(C)c2)C1.Cl. The predicted octanol–water partition coefficient (Wildman–Crippen LogP) is 1.72. The molecule has 1 aliphatic carbocycles. The molecule has 1 aliphatic heterocycles. The molecule has 0 bridgehead atoms. The van der Waals surface area contributed by atoms with Gasteiger partial charge in [-0.25, -0.2) is 8.42 Å². The smallest absolute Gasteiger partial charge is 0.268 e. The molecule has 3 atom stereocenters. The molecule has 2 fully saturated rings. The van der Waals surface area contributed by atoms with Gasteiger partial charge in [0.2, 0.25) is 10.0 Å². The second-order valence-electron chi connectivity index (χ2n) is 7.79. The fourth-order valence-corrected chi connectivity index (χ4v) is 5.84. The molecule has 0 aromatic carbocycles. The third-order valence-electron chi connectivity index (χ3n) is 5.75. The zero-order valence-electron chi connectivity index (χ0n) is 16.1. The lowest BCUT2D eigenvalue weighted by Crippen LogP contribution is -2.40. The van der Waals surface area contributed by atoms with Crippen molar-refractivity contribution in [2.24, 2.45) is 24.6 Å². The number of rotatable bonds is 5. The molecule has 9 heteroatoms. The predicted molar refractivity (Wildman–Crippen MR) is 107 cm³/mol. The summed E-state index contributed by atoms with van der Waals surface area (Å²) >= 11 is 0. The standard InChI is InChI=1S/C18H30N4O3S.ClH/c1-13-5-4-8-22(11-13)26(24,25)15-9-17(21(2)12-15)18(23)20-16-7-3-6-14(16)10-19;/h9,12-14,16H,3-8,10-11,19H2,1-2H3,(H,20,23);1H. The summed E-state index contributed by atoms with van der Waals surface area (Å²) in [6.07, 6.45) is 6.49. The highest BCUT2D eigenvalue weighted by atomic mass is 35.5. The van der Waals surface area contributed by atoms with Crippen molar-refractivity contribution in [3.63, 3.8) is 0 Å². The van der Waals surface area contributed by atoms with Crippen molar-refractivity contribution >= 4 is 28.3 Å². The number of nitrogens with one attached hydrogen (secondary N) is 1. The number of aromatic nitrogens is 1. The van der Waals surface area contributed by atoms with Crippen LogP contribution in [0.25, 0.3) is 0 Å². The second-order valence-corrected chi connectivity index (χ2v) is 9.73. The molecule has 1 saturated heterocycles. The van der Waals surface area contributed by atoms with Gasteiger partial charge in [-0.15, -0.1) is 12.4 Å². The molecule has 0 radical (unpaired) electrons.